The number of aromatic nitrogens is 3. The van der Waals surface area contributed by atoms with Crippen LogP contribution in [-0.2, 0) is 6.54 Å². The molecule has 0 aliphatic heterocycles. The molecule has 0 unspecified atom stereocenters. The quantitative estimate of drug-likeness (QED) is 0.596. The number of carbonyl (C=O) groups is 1. The SMILES string of the molecule is Cc1ccc(C)n1-c1c(C(=O)NCc2cccnc2)sc2ncccc12. The summed E-state index contributed by atoms with van der Waals surface area (Å²) in [5, 5.41) is 4.00. The van der Waals surface area contributed by atoms with Crippen molar-refractivity contribution >= 4 is 27.5 Å². The highest BCUT2D eigenvalue weighted by Crippen LogP contribution is 2.34. The van der Waals surface area contributed by atoms with Gasteiger partial charge in [-0.1, -0.05) is 6.07 Å². The fourth-order valence-corrected chi connectivity index (χ4v) is 4.13. The third-order valence-corrected chi connectivity index (χ3v) is 5.42. The Morgan fingerprint density at radius 3 is 2.62 bits per heavy atom. The summed E-state index contributed by atoms with van der Waals surface area (Å²) in [6.45, 7) is 4.53. The molecule has 5 nitrogen and oxygen atoms in total. The van der Waals surface area contributed by atoms with Crippen LogP contribution in [0.3, 0.4) is 0 Å². The van der Waals surface area contributed by atoms with Crippen molar-refractivity contribution in [3.8, 4) is 5.69 Å². The summed E-state index contributed by atoms with van der Waals surface area (Å²) in [7, 11) is 0. The van der Waals surface area contributed by atoms with Gasteiger partial charge in [-0.05, 0) is 49.7 Å². The Bertz CT molecular complexity index is 1060. The molecule has 0 bridgehead atoms. The molecule has 4 aromatic rings. The Hall–Kier alpha value is -2.99. The van der Waals surface area contributed by atoms with Crippen molar-refractivity contribution in [1.29, 1.82) is 0 Å². The van der Waals surface area contributed by atoms with Gasteiger partial charge in [0.25, 0.3) is 5.91 Å². The molecule has 4 aromatic heterocycles. The number of pyridine rings is 2. The largest absolute Gasteiger partial charge is 0.347 e. The average Bonchev–Trinajstić information content (AvgIpc) is 3.20. The van der Waals surface area contributed by atoms with Gasteiger partial charge in [-0.3, -0.25) is 9.78 Å². The van der Waals surface area contributed by atoms with Crippen LogP contribution in [0.1, 0.15) is 26.6 Å². The van der Waals surface area contributed by atoms with Gasteiger partial charge in [0.2, 0.25) is 0 Å². The molecule has 26 heavy (non-hydrogen) atoms. The number of rotatable bonds is 4. The van der Waals surface area contributed by atoms with Crippen LogP contribution in [0.5, 0.6) is 0 Å². The summed E-state index contributed by atoms with van der Waals surface area (Å²) in [4.78, 5) is 23.0. The van der Waals surface area contributed by atoms with Gasteiger partial charge >= 0.3 is 0 Å². The van der Waals surface area contributed by atoms with Crippen molar-refractivity contribution in [3.63, 3.8) is 0 Å². The fourth-order valence-electron chi connectivity index (χ4n) is 3.08. The number of amides is 1. The first-order chi connectivity index (χ1) is 12.6. The summed E-state index contributed by atoms with van der Waals surface area (Å²) in [5.74, 6) is -0.0978. The number of fused-ring (bicyclic) bond motifs is 1. The maximum Gasteiger partial charge on any atom is 0.263 e. The van der Waals surface area contributed by atoms with Crippen LogP contribution in [0.4, 0.5) is 0 Å². The van der Waals surface area contributed by atoms with E-state index >= 15 is 0 Å². The monoisotopic (exact) mass is 362 g/mol. The van der Waals surface area contributed by atoms with Gasteiger partial charge in [0.15, 0.2) is 0 Å². The highest BCUT2D eigenvalue weighted by molar-refractivity contribution is 7.21. The number of carbonyl (C=O) groups excluding carboxylic acids is 1. The molecule has 0 aliphatic rings. The minimum absolute atomic E-state index is 0.0978. The van der Waals surface area contributed by atoms with Gasteiger partial charge in [0.1, 0.15) is 9.71 Å². The molecule has 0 aromatic carbocycles. The lowest BCUT2D eigenvalue weighted by atomic mass is 10.2. The minimum atomic E-state index is -0.0978. The summed E-state index contributed by atoms with van der Waals surface area (Å²) >= 11 is 1.42. The van der Waals surface area contributed by atoms with E-state index in [4.69, 9.17) is 0 Å². The number of thiophene rings is 1. The van der Waals surface area contributed by atoms with Gasteiger partial charge in [-0.25, -0.2) is 4.98 Å². The lowest BCUT2D eigenvalue weighted by molar-refractivity contribution is 0.0955. The molecule has 0 radical (unpaired) electrons. The zero-order valence-corrected chi connectivity index (χ0v) is 15.4. The maximum absolute atomic E-state index is 13.0. The van der Waals surface area contributed by atoms with Crippen molar-refractivity contribution in [2.75, 3.05) is 0 Å². The van der Waals surface area contributed by atoms with Crippen molar-refractivity contribution < 1.29 is 4.79 Å². The molecule has 6 heteroatoms. The summed E-state index contributed by atoms with van der Waals surface area (Å²) in [5.41, 5.74) is 4.05. The topological polar surface area (TPSA) is 59.8 Å². The predicted octanol–water partition coefficient (Wildman–Crippen LogP) is 4.03. The van der Waals surface area contributed by atoms with Crippen LogP contribution in [0, 0.1) is 13.8 Å². The number of hydrogen-bond donors (Lipinski definition) is 1. The van der Waals surface area contributed by atoms with Crippen molar-refractivity contribution in [1.82, 2.24) is 19.9 Å². The van der Waals surface area contributed by atoms with Crippen LogP contribution in [0.2, 0.25) is 0 Å². The van der Waals surface area contributed by atoms with Gasteiger partial charge in [0, 0.05) is 41.9 Å². The van der Waals surface area contributed by atoms with Crippen molar-refractivity contribution in [2.45, 2.75) is 20.4 Å². The molecule has 0 saturated heterocycles. The van der Waals surface area contributed by atoms with E-state index in [0.29, 0.717) is 11.4 Å². The second-order valence-electron chi connectivity index (χ2n) is 6.13. The Labute approximate surface area is 155 Å². The number of hydrogen-bond acceptors (Lipinski definition) is 4. The maximum atomic E-state index is 13.0. The first-order valence-electron chi connectivity index (χ1n) is 8.35. The van der Waals surface area contributed by atoms with Crippen LogP contribution in [0.15, 0.2) is 55.0 Å². The van der Waals surface area contributed by atoms with E-state index in [9.17, 15) is 4.79 Å². The molecule has 4 heterocycles. The third-order valence-electron chi connectivity index (χ3n) is 4.32. The van der Waals surface area contributed by atoms with E-state index in [-0.39, 0.29) is 5.91 Å². The molecular formula is C20H18N4OS. The first kappa shape index (κ1) is 16.5. The highest BCUT2D eigenvalue weighted by atomic mass is 32.1. The van der Waals surface area contributed by atoms with Gasteiger partial charge in [0.05, 0.1) is 5.69 Å². The summed E-state index contributed by atoms with van der Waals surface area (Å²) in [6, 6.07) is 11.9. The van der Waals surface area contributed by atoms with Crippen LogP contribution in [-0.4, -0.2) is 20.4 Å². The lowest BCUT2D eigenvalue weighted by Crippen LogP contribution is -2.23. The minimum Gasteiger partial charge on any atom is -0.347 e. The van der Waals surface area contributed by atoms with Crippen molar-refractivity contribution in [3.05, 3.63) is 76.8 Å². The Morgan fingerprint density at radius 2 is 1.88 bits per heavy atom. The fraction of sp³-hybridized carbons (Fsp3) is 0.150. The Balaban J connectivity index is 1.77. The normalized spacial score (nSPS) is 11.0. The van der Waals surface area contributed by atoms with E-state index in [2.05, 4.69) is 32.0 Å². The highest BCUT2D eigenvalue weighted by Gasteiger charge is 2.22. The van der Waals surface area contributed by atoms with E-state index < -0.39 is 0 Å². The second-order valence-corrected chi connectivity index (χ2v) is 7.13. The van der Waals surface area contributed by atoms with Gasteiger partial charge < -0.3 is 9.88 Å². The van der Waals surface area contributed by atoms with Crippen LogP contribution < -0.4 is 5.32 Å². The van der Waals surface area contributed by atoms with Gasteiger partial charge in [-0.2, -0.15) is 0 Å². The summed E-state index contributed by atoms with van der Waals surface area (Å²) < 4.78 is 2.12. The molecule has 0 saturated carbocycles. The molecule has 0 spiro atoms. The number of nitrogens with zero attached hydrogens (tertiary/aromatic N) is 3. The Kier molecular flexibility index (Phi) is 4.26. The average molecular weight is 362 g/mol. The molecular weight excluding hydrogens is 344 g/mol. The smallest absolute Gasteiger partial charge is 0.263 e. The summed E-state index contributed by atoms with van der Waals surface area (Å²) in [6.07, 6.45) is 5.24. The molecule has 130 valence electrons. The van der Waals surface area contributed by atoms with Crippen molar-refractivity contribution in [2.24, 2.45) is 0 Å². The predicted molar refractivity (Wildman–Crippen MR) is 104 cm³/mol. The van der Waals surface area contributed by atoms with Crippen LogP contribution in [0.25, 0.3) is 15.9 Å². The van der Waals surface area contributed by atoms with E-state index in [1.165, 1.54) is 11.3 Å². The lowest BCUT2D eigenvalue weighted by Gasteiger charge is -2.12. The third kappa shape index (κ3) is 2.88. The standard InChI is InChI=1S/C20H18N4OS/c1-13-7-8-14(2)24(13)17-16-6-4-10-22-20(16)26-18(17)19(25)23-12-15-5-3-9-21-11-15/h3-11H,12H2,1-2H3,(H,23,25). The number of nitrogens with one attached hydrogen (secondary N) is 1. The zero-order chi connectivity index (χ0) is 18.1. The molecule has 0 fully saturated rings. The van der Waals surface area contributed by atoms with E-state index in [0.717, 1.165) is 32.9 Å². The molecule has 4 rings (SSSR count). The van der Waals surface area contributed by atoms with Crippen LogP contribution >= 0.6 is 11.3 Å². The number of aryl methyl sites for hydroxylation is 2. The Morgan fingerprint density at radius 1 is 1.12 bits per heavy atom. The second kappa shape index (κ2) is 6.72. The zero-order valence-electron chi connectivity index (χ0n) is 14.6. The van der Waals surface area contributed by atoms with E-state index in [1.54, 1.807) is 18.6 Å². The molecule has 0 atom stereocenters. The first-order valence-corrected chi connectivity index (χ1v) is 9.17. The van der Waals surface area contributed by atoms with E-state index in [1.807, 2.05) is 38.1 Å². The molecule has 0 aliphatic carbocycles. The molecule has 1 amide bonds. The molecule has 1 N–H and O–H groups in total. The van der Waals surface area contributed by atoms with Gasteiger partial charge in [-0.15, -0.1) is 11.3 Å².